The van der Waals surface area contributed by atoms with Crippen molar-refractivity contribution in [3.05, 3.63) is 108 Å². The molecule has 0 saturated heterocycles. The first-order chi connectivity index (χ1) is 13.7. The van der Waals surface area contributed by atoms with Gasteiger partial charge in [-0.05, 0) is 36.4 Å². The number of pyridine rings is 3. The quantitative estimate of drug-likeness (QED) is 0.243. The number of hydrogen-bond donors (Lipinski definition) is 0. The summed E-state index contributed by atoms with van der Waals surface area (Å²) in [6.07, 6.45) is 10.5. The van der Waals surface area contributed by atoms with E-state index in [2.05, 4.69) is 20.9 Å². The molecule has 146 valence electrons. The predicted molar refractivity (Wildman–Crippen MR) is 113 cm³/mol. The van der Waals surface area contributed by atoms with E-state index < -0.39 is 0 Å². The van der Waals surface area contributed by atoms with Crippen LogP contribution in [0, 0.1) is 26.2 Å². The van der Waals surface area contributed by atoms with Crippen molar-refractivity contribution >= 4 is 0 Å². The van der Waals surface area contributed by atoms with E-state index in [4.69, 9.17) is 6.42 Å². The summed E-state index contributed by atoms with van der Waals surface area (Å²) in [5.41, 5.74) is 6.62. The summed E-state index contributed by atoms with van der Waals surface area (Å²) in [5.74, 6) is 2.41. The topological polar surface area (TPSA) is 38.7 Å². The predicted octanol–water partition coefficient (Wildman–Crippen LogP) is 5.44. The van der Waals surface area contributed by atoms with Gasteiger partial charge in [-0.15, -0.1) is 16.7 Å². The molecule has 3 aromatic heterocycles. The van der Waals surface area contributed by atoms with Gasteiger partial charge < -0.3 is 6.42 Å². The van der Waals surface area contributed by atoms with Crippen LogP contribution in [0.1, 0.15) is 16.7 Å². The maximum Gasteiger partial charge on any atom is 0.0894 e. The monoisotopic (exact) mass is 557 g/mol. The van der Waals surface area contributed by atoms with Crippen LogP contribution in [0.15, 0.2) is 85.2 Å². The van der Waals surface area contributed by atoms with Gasteiger partial charge in [-0.2, -0.15) is 0 Å². The fraction of sp³-hybridized carbons (Fsp3) is 0.0800. The number of aromatic nitrogens is 3. The Morgan fingerprint density at radius 3 is 1.45 bits per heavy atom. The van der Waals surface area contributed by atoms with Gasteiger partial charge in [0.25, 0.3) is 0 Å². The zero-order valence-electron chi connectivity index (χ0n) is 16.2. The van der Waals surface area contributed by atoms with Gasteiger partial charge in [0.05, 0.1) is 22.8 Å². The number of rotatable bonds is 2. The standard InChI is InChI=1S/C15H11N3.C10H9.Pt/c1-3-10-16-12(6-1)14-8-5-9-15(18-14)13-7-2-4-11-17-13;1-4-10-8(2)6-5-7-9(10)3;/h1-11H;5-7H,2-3H3;/q;-1;. The number of aryl methyl sites for hydroxylation is 2. The summed E-state index contributed by atoms with van der Waals surface area (Å²) in [4.78, 5) is 13.2. The Morgan fingerprint density at radius 2 is 1.07 bits per heavy atom. The minimum atomic E-state index is 0. The van der Waals surface area contributed by atoms with Crippen LogP contribution in [-0.4, -0.2) is 15.0 Å². The first kappa shape index (κ1) is 22.2. The van der Waals surface area contributed by atoms with Gasteiger partial charge in [0.1, 0.15) is 0 Å². The third-order valence-corrected chi connectivity index (χ3v) is 4.21. The van der Waals surface area contributed by atoms with E-state index >= 15 is 0 Å². The SMILES string of the molecule is [C-]#Cc1c(C)cccc1C.[Pt].c1ccc(-c2cccc(-c3ccccn3)n2)nc1. The van der Waals surface area contributed by atoms with Crippen LogP contribution < -0.4 is 0 Å². The van der Waals surface area contributed by atoms with Crippen molar-refractivity contribution in [2.45, 2.75) is 13.8 Å². The summed E-state index contributed by atoms with van der Waals surface area (Å²) in [5, 5.41) is 0. The Bertz CT molecular complexity index is 1010. The van der Waals surface area contributed by atoms with E-state index in [-0.39, 0.29) is 21.1 Å². The van der Waals surface area contributed by atoms with Crippen LogP contribution in [0.25, 0.3) is 22.8 Å². The zero-order valence-corrected chi connectivity index (χ0v) is 18.5. The molecule has 4 heteroatoms. The Kier molecular flexibility index (Phi) is 8.46. The molecular formula is C25H20N3Pt-. The van der Waals surface area contributed by atoms with E-state index in [0.29, 0.717) is 0 Å². The molecule has 0 atom stereocenters. The summed E-state index contributed by atoms with van der Waals surface area (Å²) in [7, 11) is 0. The molecule has 0 amide bonds. The second-order valence-electron chi connectivity index (χ2n) is 6.23. The largest absolute Gasteiger partial charge is 0.366 e. The van der Waals surface area contributed by atoms with Crippen molar-refractivity contribution in [3.8, 4) is 28.7 Å². The molecule has 3 nitrogen and oxygen atoms in total. The molecule has 0 spiro atoms. The molecule has 4 rings (SSSR count). The van der Waals surface area contributed by atoms with Gasteiger partial charge in [-0.1, -0.05) is 50.2 Å². The summed E-state index contributed by atoms with van der Waals surface area (Å²) >= 11 is 0. The molecule has 29 heavy (non-hydrogen) atoms. The summed E-state index contributed by atoms with van der Waals surface area (Å²) in [6.45, 7) is 3.98. The molecule has 4 aromatic rings. The van der Waals surface area contributed by atoms with Crippen molar-refractivity contribution in [1.29, 1.82) is 0 Å². The van der Waals surface area contributed by atoms with Crippen molar-refractivity contribution in [1.82, 2.24) is 15.0 Å². The normalized spacial score (nSPS) is 9.41. The molecular weight excluding hydrogens is 537 g/mol. The molecule has 0 bridgehead atoms. The van der Waals surface area contributed by atoms with E-state index in [1.165, 1.54) is 0 Å². The van der Waals surface area contributed by atoms with Gasteiger partial charge in [-0.25, -0.2) is 4.98 Å². The van der Waals surface area contributed by atoms with E-state index in [0.717, 1.165) is 39.5 Å². The average molecular weight is 558 g/mol. The Morgan fingerprint density at radius 1 is 0.621 bits per heavy atom. The molecule has 1 aromatic carbocycles. The second kappa shape index (κ2) is 11.0. The van der Waals surface area contributed by atoms with E-state index in [9.17, 15) is 0 Å². The molecule has 0 radical (unpaired) electrons. The molecule has 0 saturated carbocycles. The first-order valence-electron chi connectivity index (χ1n) is 8.98. The summed E-state index contributed by atoms with van der Waals surface area (Å²) < 4.78 is 0. The average Bonchev–Trinajstić information content (AvgIpc) is 2.76. The fourth-order valence-corrected chi connectivity index (χ4v) is 2.76. The van der Waals surface area contributed by atoms with Gasteiger partial charge in [0.15, 0.2) is 0 Å². The number of hydrogen-bond acceptors (Lipinski definition) is 3. The second-order valence-corrected chi connectivity index (χ2v) is 6.23. The van der Waals surface area contributed by atoms with Crippen LogP contribution >= 0.6 is 0 Å². The van der Waals surface area contributed by atoms with Crippen molar-refractivity contribution in [2.24, 2.45) is 0 Å². The van der Waals surface area contributed by atoms with Gasteiger partial charge in [-0.3, -0.25) is 15.9 Å². The number of benzene rings is 1. The maximum absolute atomic E-state index is 6.98. The Labute approximate surface area is 186 Å². The van der Waals surface area contributed by atoms with Crippen LogP contribution in [-0.2, 0) is 21.1 Å². The van der Waals surface area contributed by atoms with Gasteiger partial charge >= 0.3 is 0 Å². The van der Waals surface area contributed by atoms with Crippen molar-refractivity contribution in [3.63, 3.8) is 0 Å². The third kappa shape index (κ3) is 5.95. The molecule has 0 fully saturated rings. The Balaban J connectivity index is 0.000000234. The van der Waals surface area contributed by atoms with Crippen LogP contribution in [0.5, 0.6) is 0 Å². The van der Waals surface area contributed by atoms with Crippen molar-refractivity contribution in [2.75, 3.05) is 0 Å². The first-order valence-corrected chi connectivity index (χ1v) is 8.98. The molecule has 0 unspecified atom stereocenters. The van der Waals surface area contributed by atoms with Crippen LogP contribution in [0.2, 0.25) is 0 Å². The third-order valence-electron chi connectivity index (χ3n) is 4.21. The minimum absolute atomic E-state index is 0. The van der Waals surface area contributed by atoms with E-state index in [1.807, 2.05) is 86.6 Å². The van der Waals surface area contributed by atoms with Crippen LogP contribution in [0.4, 0.5) is 0 Å². The van der Waals surface area contributed by atoms with Crippen molar-refractivity contribution < 1.29 is 21.1 Å². The zero-order chi connectivity index (χ0) is 19.8. The maximum atomic E-state index is 6.98. The molecule has 0 aliphatic heterocycles. The smallest absolute Gasteiger partial charge is 0.0894 e. The van der Waals surface area contributed by atoms with Gasteiger partial charge in [0.2, 0.25) is 0 Å². The van der Waals surface area contributed by atoms with Gasteiger partial charge in [0, 0.05) is 33.5 Å². The summed E-state index contributed by atoms with van der Waals surface area (Å²) in [6, 6.07) is 23.5. The molecule has 3 heterocycles. The van der Waals surface area contributed by atoms with E-state index in [1.54, 1.807) is 12.4 Å². The number of nitrogens with zero attached hydrogens (tertiary/aromatic N) is 3. The Hall–Kier alpha value is -3.08. The minimum Gasteiger partial charge on any atom is -0.366 e. The molecule has 0 N–H and O–H groups in total. The molecule has 0 aliphatic rings. The fourth-order valence-electron chi connectivity index (χ4n) is 2.76. The van der Waals surface area contributed by atoms with Crippen LogP contribution in [0.3, 0.4) is 0 Å². The molecule has 0 aliphatic carbocycles.